The molecule has 3 heteroatoms. The summed E-state index contributed by atoms with van der Waals surface area (Å²) in [6, 6.07) is 8.01. The molecule has 0 aromatic heterocycles. The third kappa shape index (κ3) is 4.38. The Kier molecular flexibility index (Phi) is 6.80. The lowest BCUT2D eigenvalue weighted by Crippen LogP contribution is -2.43. The van der Waals surface area contributed by atoms with Gasteiger partial charge >= 0.3 is 0 Å². The van der Waals surface area contributed by atoms with E-state index in [9.17, 15) is 4.79 Å². The van der Waals surface area contributed by atoms with Crippen molar-refractivity contribution in [3.05, 3.63) is 40.9 Å². The van der Waals surface area contributed by atoms with Gasteiger partial charge in [0.05, 0.1) is 0 Å². The Hall–Kier alpha value is -1.28. The molecule has 1 rings (SSSR count). The second kappa shape index (κ2) is 8.11. The summed E-state index contributed by atoms with van der Waals surface area (Å²) in [6.45, 7) is 8.39. The van der Waals surface area contributed by atoms with Crippen molar-refractivity contribution in [2.24, 2.45) is 0 Å². The summed E-state index contributed by atoms with van der Waals surface area (Å²) < 4.78 is 0. The molecular formula is C17H24ClNO. The van der Waals surface area contributed by atoms with E-state index < -0.39 is 0 Å². The number of amides is 1. The summed E-state index contributed by atoms with van der Waals surface area (Å²) >= 11 is 6.09. The van der Waals surface area contributed by atoms with Gasteiger partial charge in [0, 0.05) is 23.2 Å². The quantitative estimate of drug-likeness (QED) is 0.691. The fraction of sp³-hybridized carbons (Fsp3) is 0.471. The lowest BCUT2D eigenvalue weighted by molar-refractivity contribution is -0.130. The molecule has 1 aromatic rings. The topological polar surface area (TPSA) is 20.3 Å². The molecule has 0 spiro atoms. The smallest absolute Gasteiger partial charge is 0.247 e. The van der Waals surface area contributed by atoms with Crippen LogP contribution in [-0.2, 0) is 4.79 Å². The predicted molar refractivity (Wildman–Crippen MR) is 86.8 cm³/mol. The molecule has 2 nitrogen and oxygen atoms in total. The van der Waals surface area contributed by atoms with Crippen LogP contribution in [-0.4, -0.2) is 22.9 Å². The molecule has 20 heavy (non-hydrogen) atoms. The number of rotatable bonds is 6. The third-order valence-electron chi connectivity index (χ3n) is 3.70. The molecule has 0 heterocycles. The van der Waals surface area contributed by atoms with Gasteiger partial charge < -0.3 is 4.90 Å². The second-order valence-corrected chi connectivity index (χ2v) is 5.52. The molecule has 0 saturated carbocycles. The standard InChI is InChI=1S/C17H24ClNO/c1-5-13(3)19(14(4)6-2)17(20)12-11-15-9-7-8-10-16(15)18/h7-14H,5-6H2,1-4H3/b12-11+. The Morgan fingerprint density at radius 3 is 2.25 bits per heavy atom. The van der Waals surface area contributed by atoms with Crippen LogP contribution in [0.15, 0.2) is 30.3 Å². The van der Waals surface area contributed by atoms with Gasteiger partial charge in [0.15, 0.2) is 0 Å². The summed E-state index contributed by atoms with van der Waals surface area (Å²) in [7, 11) is 0. The monoisotopic (exact) mass is 293 g/mol. The Labute approximate surface area is 127 Å². The number of nitrogens with zero attached hydrogens (tertiary/aromatic N) is 1. The first kappa shape index (κ1) is 16.8. The van der Waals surface area contributed by atoms with Crippen molar-refractivity contribution in [2.75, 3.05) is 0 Å². The third-order valence-corrected chi connectivity index (χ3v) is 4.04. The molecule has 0 radical (unpaired) electrons. The van der Waals surface area contributed by atoms with Crippen LogP contribution in [0.2, 0.25) is 5.02 Å². The van der Waals surface area contributed by atoms with Crippen LogP contribution in [0.25, 0.3) is 6.08 Å². The van der Waals surface area contributed by atoms with E-state index in [0.29, 0.717) is 5.02 Å². The number of carbonyl (C=O) groups excluding carboxylic acids is 1. The first-order valence-corrected chi connectivity index (χ1v) is 7.63. The normalized spacial score (nSPS) is 14.2. The van der Waals surface area contributed by atoms with Gasteiger partial charge in [-0.1, -0.05) is 43.6 Å². The SMILES string of the molecule is CCC(C)N(C(=O)/C=C/c1ccccc1Cl)C(C)CC. The molecule has 0 fully saturated rings. The average Bonchev–Trinajstić information content (AvgIpc) is 2.46. The van der Waals surface area contributed by atoms with Crippen molar-refractivity contribution < 1.29 is 4.79 Å². The summed E-state index contributed by atoms with van der Waals surface area (Å²) in [5.74, 6) is 0.0496. The van der Waals surface area contributed by atoms with Gasteiger partial charge in [-0.15, -0.1) is 0 Å². The van der Waals surface area contributed by atoms with E-state index in [1.54, 1.807) is 12.2 Å². The largest absolute Gasteiger partial charge is 0.334 e. The van der Waals surface area contributed by atoms with E-state index >= 15 is 0 Å². The van der Waals surface area contributed by atoms with E-state index in [1.165, 1.54) is 0 Å². The molecule has 1 amide bonds. The Morgan fingerprint density at radius 1 is 1.20 bits per heavy atom. The van der Waals surface area contributed by atoms with Crippen LogP contribution < -0.4 is 0 Å². The van der Waals surface area contributed by atoms with E-state index in [-0.39, 0.29) is 18.0 Å². The van der Waals surface area contributed by atoms with E-state index in [0.717, 1.165) is 18.4 Å². The highest BCUT2D eigenvalue weighted by Gasteiger charge is 2.21. The van der Waals surface area contributed by atoms with Gasteiger partial charge in [0.25, 0.3) is 0 Å². The molecule has 2 unspecified atom stereocenters. The molecular weight excluding hydrogens is 270 g/mol. The Balaban J connectivity index is 2.88. The van der Waals surface area contributed by atoms with Gasteiger partial charge in [-0.25, -0.2) is 0 Å². The highest BCUT2D eigenvalue weighted by Crippen LogP contribution is 2.18. The van der Waals surface area contributed by atoms with Crippen molar-refractivity contribution in [2.45, 2.75) is 52.6 Å². The van der Waals surface area contributed by atoms with Gasteiger partial charge in [-0.3, -0.25) is 4.79 Å². The minimum absolute atomic E-state index is 0.0496. The highest BCUT2D eigenvalue weighted by molar-refractivity contribution is 6.32. The fourth-order valence-corrected chi connectivity index (χ4v) is 2.32. The van der Waals surface area contributed by atoms with Crippen molar-refractivity contribution in [1.29, 1.82) is 0 Å². The summed E-state index contributed by atoms with van der Waals surface area (Å²) in [5.41, 5.74) is 0.871. The molecule has 0 aliphatic carbocycles. The summed E-state index contributed by atoms with van der Waals surface area (Å²) in [6.07, 6.45) is 5.33. The zero-order chi connectivity index (χ0) is 15.1. The van der Waals surface area contributed by atoms with E-state index in [1.807, 2.05) is 29.2 Å². The lowest BCUT2D eigenvalue weighted by Gasteiger charge is -2.33. The van der Waals surface area contributed by atoms with Crippen LogP contribution in [0, 0.1) is 0 Å². The molecule has 0 aliphatic rings. The van der Waals surface area contributed by atoms with Crippen LogP contribution in [0.1, 0.15) is 46.1 Å². The summed E-state index contributed by atoms with van der Waals surface area (Å²) in [4.78, 5) is 14.4. The number of halogens is 1. The maximum Gasteiger partial charge on any atom is 0.247 e. The molecule has 0 saturated heterocycles. The molecule has 2 atom stereocenters. The number of hydrogen-bond acceptors (Lipinski definition) is 1. The first-order chi connectivity index (χ1) is 9.51. The first-order valence-electron chi connectivity index (χ1n) is 7.26. The number of carbonyl (C=O) groups is 1. The Bertz CT molecular complexity index is 460. The van der Waals surface area contributed by atoms with Gasteiger partial charge in [0.1, 0.15) is 0 Å². The maximum atomic E-state index is 12.4. The van der Waals surface area contributed by atoms with Crippen molar-refractivity contribution >= 4 is 23.6 Å². The van der Waals surface area contributed by atoms with Crippen LogP contribution in [0.3, 0.4) is 0 Å². The second-order valence-electron chi connectivity index (χ2n) is 5.11. The minimum atomic E-state index is 0.0496. The van der Waals surface area contributed by atoms with Gasteiger partial charge in [-0.05, 0) is 44.4 Å². The average molecular weight is 294 g/mol. The highest BCUT2D eigenvalue weighted by atomic mass is 35.5. The van der Waals surface area contributed by atoms with E-state index in [2.05, 4.69) is 27.7 Å². The van der Waals surface area contributed by atoms with Crippen LogP contribution in [0.5, 0.6) is 0 Å². The lowest BCUT2D eigenvalue weighted by atomic mass is 10.1. The van der Waals surface area contributed by atoms with Crippen LogP contribution in [0.4, 0.5) is 0 Å². The van der Waals surface area contributed by atoms with Gasteiger partial charge in [-0.2, -0.15) is 0 Å². The zero-order valence-electron chi connectivity index (χ0n) is 12.8. The molecule has 110 valence electrons. The number of benzene rings is 1. The van der Waals surface area contributed by atoms with Crippen molar-refractivity contribution in [3.8, 4) is 0 Å². The maximum absolute atomic E-state index is 12.4. The molecule has 0 N–H and O–H groups in total. The predicted octanol–water partition coefficient (Wildman–Crippen LogP) is 4.78. The molecule has 0 bridgehead atoms. The fourth-order valence-electron chi connectivity index (χ4n) is 2.12. The van der Waals surface area contributed by atoms with Crippen molar-refractivity contribution in [3.63, 3.8) is 0 Å². The zero-order valence-corrected chi connectivity index (χ0v) is 13.5. The molecule has 1 aromatic carbocycles. The molecule has 0 aliphatic heterocycles. The van der Waals surface area contributed by atoms with Gasteiger partial charge in [0.2, 0.25) is 5.91 Å². The minimum Gasteiger partial charge on any atom is -0.334 e. The Morgan fingerprint density at radius 2 is 1.75 bits per heavy atom. The summed E-state index contributed by atoms with van der Waals surface area (Å²) in [5, 5.41) is 0.662. The van der Waals surface area contributed by atoms with Crippen molar-refractivity contribution in [1.82, 2.24) is 4.90 Å². The number of hydrogen-bond donors (Lipinski definition) is 0. The van der Waals surface area contributed by atoms with E-state index in [4.69, 9.17) is 11.6 Å². The van der Waals surface area contributed by atoms with Crippen LogP contribution >= 0.6 is 11.6 Å².